The van der Waals surface area contributed by atoms with Crippen LogP contribution in [0, 0.1) is 17.0 Å². The van der Waals surface area contributed by atoms with Crippen molar-refractivity contribution in [2.24, 2.45) is 0 Å². The monoisotopic (exact) mass is 297 g/mol. The lowest BCUT2D eigenvalue weighted by molar-refractivity contribution is -0.385. The average Bonchev–Trinajstić information content (AvgIpc) is 2.53. The first-order valence-electron chi connectivity index (χ1n) is 6.63. The Morgan fingerprint density at radius 3 is 2.45 bits per heavy atom. The molecule has 2 rings (SSSR count). The number of methoxy groups -OCH3 is 1. The molecule has 0 spiro atoms. The third-order valence-electron chi connectivity index (χ3n) is 3.16. The maximum atomic E-state index is 12.0. The highest BCUT2D eigenvalue weighted by atomic mass is 16.6. The molecule has 5 nitrogen and oxygen atoms in total. The molecule has 2 aromatic carbocycles. The summed E-state index contributed by atoms with van der Waals surface area (Å²) in [7, 11) is 1.37. The maximum absolute atomic E-state index is 12.0. The van der Waals surface area contributed by atoms with E-state index in [0.29, 0.717) is 11.1 Å². The van der Waals surface area contributed by atoms with Crippen LogP contribution < -0.4 is 4.74 Å². The quantitative estimate of drug-likeness (QED) is 0.364. The van der Waals surface area contributed by atoms with Crippen LogP contribution in [0.5, 0.6) is 5.75 Å². The van der Waals surface area contributed by atoms with Crippen molar-refractivity contribution in [2.75, 3.05) is 7.11 Å². The largest absolute Gasteiger partial charge is 0.490 e. The summed E-state index contributed by atoms with van der Waals surface area (Å²) < 4.78 is 4.94. The highest BCUT2D eigenvalue weighted by molar-refractivity contribution is 6.06. The molecule has 0 aliphatic carbocycles. The molecule has 5 heteroatoms. The minimum Gasteiger partial charge on any atom is -0.490 e. The van der Waals surface area contributed by atoms with E-state index in [0.717, 1.165) is 5.56 Å². The minimum atomic E-state index is -0.516. The molecule has 0 heterocycles. The summed E-state index contributed by atoms with van der Waals surface area (Å²) in [4.78, 5) is 22.5. The van der Waals surface area contributed by atoms with E-state index >= 15 is 0 Å². The Bertz CT molecular complexity index is 733. The first-order chi connectivity index (χ1) is 10.5. The van der Waals surface area contributed by atoms with Gasteiger partial charge in [-0.2, -0.15) is 0 Å². The predicted molar refractivity (Wildman–Crippen MR) is 84.2 cm³/mol. The van der Waals surface area contributed by atoms with Gasteiger partial charge in [-0.25, -0.2) is 0 Å². The number of allylic oxidation sites excluding steroid dienone is 1. The van der Waals surface area contributed by atoms with Gasteiger partial charge >= 0.3 is 5.69 Å². The van der Waals surface area contributed by atoms with Crippen LogP contribution >= 0.6 is 0 Å². The van der Waals surface area contributed by atoms with Gasteiger partial charge in [-0.15, -0.1) is 0 Å². The summed E-state index contributed by atoms with van der Waals surface area (Å²) in [5, 5.41) is 11.0. The first-order valence-corrected chi connectivity index (χ1v) is 6.63. The predicted octanol–water partition coefficient (Wildman–Crippen LogP) is 3.81. The summed E-state index contributed by atoms with van der Waals surface area (Å²) >= 11 is 0. The van der Waals surface area contributed by atoms with Crippen LogP contribution in [0.1, 0.15) is 21.5 Å². The number of nitrogens with zero attached hydrogens (tertiary/aromatic N) is 1. The molecule has 112 valence electrons. The van der Waals surface area contributed by atoms with Gasteiger partial charge in [0, 0.05) is 11.6 Å². The van der Waals surface area contributed by atoms with Crippen LogP contribution in [0.4, 0.5) is 5.69 Å². The Labute approximate surface area is 128 Å². The standard InChI is InChI=1S/C17H15NO4/c1-12-3-7-14(8-4-12)16(19)9-5-13-6-10-17(22-2)15(11-13)18(20)21/h3-11H,1-2H3/b9-5+. The van der Waals surface area contributed by atoms with Crippen molar-refractivity contribution in [1.29, 1.82) is 0 Å². The van der Waals surface area contributed by atoms with Crippen molar-refractivity contribution in [1.82, 2.24) is 0 Å². The Morgan fingerprint density at radius 1 is 1.18 bits per heavy atom. The van der Waals surface area contributed by atoms with Gasteiger partial charge in [0.15, 0.2) is 11.5 Å². The summed E-state index contributed by atoms with van der Waals surface area (Å²) in [5.41, 5.74) is 2.08. The van der Waals surface area contributed by atoms with Crippen LogP contribution in [0.15, 0.2) is 48.5 Å². The van der Waals surface area contributed by atoms with E-state index in [9.17, 15) is 14.9 Å². The molecule has 0 saturated carbocycles. The molecular formula is C17H15NO4. The topological polar surface area (TPSA) is 69.4 Å². The SMILES string of the molecule is COc1ccc(/C=C/C(=O)c2ccc(C)cc2)cc1[N+](=O)[O-]. The van der Waals surface area contributed by atoms with E-state index < -0.39 is 4.92 Å². The fraction of sp³-hybridized carbons (Fsp3) is 0.118. The van der Waals surface area contributed by atoms with Crippen molar-refractivity contribution in [3.63, 3.8) is 0 Å². The smallest absolute Gasteiger partial charge is 0.311 e. The lowest BCUT2D eigenvalue weighted by atomic mass is 10.1. The van der Waals surface area contributed by atoms with Crippen LogP contribution in [-0.4, -0.2) is 17.8 Å². The van der Waals surface area contributed by atoms with E-state index in [4.69, 9.17) is 4.74 Å². The number of hydrogen-bond donors (Lipinski definition) is 0. The fourth-order valence-electron chi connectivity index (χ4n) is 1.94. The van der Waals surface area contributed by atoms with Crippen LogP contribution in [0.3, 0.4) is 0 Å². The molecule has 0 saturated heterocycles. The molecule has 0 aliphatic heterocycles. The Hall–Kier alpha value is -2.95. The molecule has 0 fully saturated rings. The van der Waals surface area contributed by atoms with Gasteiger partial charge < -0.3 is 4.74 Å². The van der Waals surface area contributed by atoms with Gasteiger partial charge in [0.05, 0.1) is 12.0 Å². The molecule has 0 N–H and O–H groups in total. The third kappa shape index (κ3) is 3.58. The maximum Gasteiger partial charge on any atom is 0.311 e. The van der Waals surface area contributed by atoms with Gasteiger partial charge in [0.1, 0.15) is 0 Å². The number of aryl methyl sites for hydroxylation is 1. The lowest BCUT2D eigenvalue weighted by Crippen LogP contribution is -1.95. The van der Waals surface area contributed by atoms with Crippen LogP contribution in [0.25, 0.3) is 6.08 Å². The summed E-state index contributed by atoms with van der Waals surface area (Å²) in [6.45, 7) is 1.95. The van der Waals surface area contributed by atoms with Gasteiger partial charge in [-0.05, 0) is 24.6 Å². The number of nitro groups is 1. The number of nitro benzene ring substituents is 1. The second kappa shape index (κ2) is 6.67. The zero-order valence-electron chi connectivity index (χ0n) is 12.3. The number of benzene rings is 2. The zero-order valence-corrected chi connectivity index (χ0v) is 12.3. The number of ketones is 1. The lowest BCUT2D eigenvalue weighted by Gasteiger charge is -2.02. The van der Waals surface area contributed by atoms with Crippen molar-refractivity contribution < 1.29 is 14.5 Å². The highest BCUT2D eigenvalue weighted by Crippen LogP contribution is 2.27. The third-order valence-corrected chi connectivity index (χ3v) is 3.16. The van der Waals surface area contributed by atoms with E-state index in [2.05, 4.69) is 0 Å². The van der Waals surface area contributed by atoms with Gasteiger partial charge in [-0.1, -0.05) is 42.0 Å². The molecule has 0 unspecified atom stereocenters. The Balaban J connectivity index is 2.22. The van der Waals surface area contributed by atoms with E-state index in [1.807, 2.05) is 19.1 Å². The molecule has 0 amide bonds. The van der Waals surface area contributed by atoms with Crippen LogP contribution in [0.2, 0.25) is 0 Å². The Morgan fingerprint density at radius 2 is 1.86 bits per heavy atom. The van der Waals surface area contributed by atoms with E-state index in [1.54, 1.807) is 24.3 Å². The first kappa shape index (κ1) is 15.4. The molecule has 0 atom stereocenters. The van der Waals surface area contributed by atoms with Gasteiger partial charge in [0.25, 0.3) is 0 Å². The number of carbonyl (C=O) groups excluding carboxylic acids is 1. The second-order valence-electron chi connectivity index (χ2n) is 4.75. The number of hydrogen-bond acceptors (Lipinski definition) is 4. The summed E-state index contributed by atoms with van der Waals surface area (Å²) in [6.07, 6.45) is 2.95. The molecule has 0 radical (unpaired) electrons. The summed E-state index contributed by atoms with van der Waals surface area (Å²) in [5.74, 6) is 0.0329. The van der Waals surface area contributed by atoms with Gasteiger partial charge in [0.2, 0.25) is 0 Å². The average molecular weight is 297 g/mol. The van der Waals surface area contributed by atoms with Crippen molar-refractivity contribution >= 4 is 17.5 Å². The van der Waals surface area contributed by atoms with Gasteiger partial charge in [-0.3, -0.25) is 14.9 Å². The Kier molecular flexibility index (Phi) is 4.68. The van der Waals surface area contributed by atoms with Crippen molar-refractivity contribution in [3.8, 4) is 5.75 Å². The molecular weight excluding hydrogens is 282 g/mol. The number of rotatable bonds is 5. The van der Waals surface area contributed by atoms with E-state index in [-0.39, 0.29) is 17.2 Å². The second-order valence-corrected chi connectivity index (χ2v) is 4.75. The molecule has 0 bridgehead atoms. The minimum absolute atomic E-state index is 0.132. The summed E-state index contributed by atoms with van der Waals surface area (Å²) in [6, 6.07) is 11.8. The molecule has 0 aliphatic rings. The molecule has 2 aromatic rings. The fourth-order valence-corrected chi connectivity index (χ4v) is 1.94. The number of ether oxygens (including phenoxy) is 1. The molecule has 0 aromatic heterocycles. The molecule has 22 heavy (non-hydrogen) atoms. The van der Waals surface area contributed by atoms with E-state index in [1.165, 1.54) is 25.3 Å². The number of carbonyl (C=O) groups is 1. The zero-order chi connectivity index (χ0) is 16.1. The highest BCUT2D eigenvalue weighted by Gasteiger charge is 2.14. The van der Waals surface area contributed by atoms with Crippen LogP contribution in [-0.2, 0) is 0 Å². The van der Waals surface area contributed by atoms with Crippen molar-refractivity contribution in [2.45, 2.75) is 6.92 Å². The normalized spacial score (nSPS) is 10.6. The van der Waals surface area contributed by atoms with Crippen molar-refractivity contribution in [3.05, 3.63) is 75.3 Å².